The first-order valence-corrected chi connectivity index (χ1v) is 5.56. The number of nitrogens with zero attached hydrogens (tertiary/aromatic N) is 4. The van der Waals surface area contributed by atoms with Gasteiger partial charge in [-0.2, -0.15) is 0 Å². The maximum Gasteiger partial charge on any atom is 0.147 e. The van der Waals surface area contributed by atoms with Crippen LogP contribution in [0.4, 0.5) is 0 Å². The molecule has 0 saturated heterocycles. The summed E-state index contributed by atoms with van der Waals surface area (Å²) in [7, 11) is 0. The molecule has 0 aliphatic carbocycles. The molecule has 5 heteroatoms. The molecule has 0 saturated carbocycles. The lowest BCUT2D eigenvalue weighted by Crippen LogP contribution is -2.37. The molecule has 0 atom stereocenters. The number of hydrogen-bond acceptors (Lipinski definition) is 4. The lowest BCUT2D eigenvalue weighted by atomic mass is 10.2. The molecule has 5 nitrogen and oxygen atoms in total. The molecule has 0 fully saturated rings. The van der Waals surface area contributed by atoms with Gasteiger partial charge >= 0.3 is 0 Å². The average molecular weight is 209 g/mol. The molecule has 1 aromatic heterocycles. The van der Waals surface area contributed by atoms with Crippen molar-refractivity contribution in [2.24, 2.45) is 5.73 Å². The molecule has 2 rings (SSSR count). The van der Waals surface area contributed by atoms with Gasteiger partial charge in [-0.1, -0.05) is 13.8 Å². The Morgan fingerprint density at radius 3 is 2.80 bits per heavy atom. The summed E-state index contributed by atoms with van der Waals surface area (Å²) in [5, 5.41) is 8.49. The van der Waals surface area contributed by atoms with Crippen molar-refractivity contribution in [3.05, 3.63) is 11.6 Å². The molecule has 0 aromatic carbocycles. The van der Waals surface area contributed by atoms with Crippen LogP contribution in [0.5, 0.6) is 0 Å². The maximum atomic E-state index is 5.55. The van der Waals surface area contributed by atoms with Gasteiger partial charge < -0.3 is 10.3 Å². The first kappa shape index (κ1) is 10.6. The van der Waals surface area contributed by atoms with E-state index in [1.165, 1.54) is 0 Å². The minimum atomic E-state index is 0.451. The zero-order valence-electron chi connectivity index (χ0n) is 9.48. The highest BCUT2D eigenvalue weighted by Crippen LogP contribution is 2.17. The standard InChI is InChI=1S/C10H19N5/c1-8(2)10-13-12-9-7-14(4-3-11)5-6-15(9)10/h8H,3-7,11H2,1-2H3. The van der Waals surface area contributed by atoms with Gasteiger partial charge in [0, 0.05) is 32.1 Å². The van der Waals surface area contributed by atoms with Crippen LogP contribution in [-0.4, -0.2) is 39.3 Å². The second-order valence-electron chi connectivity index (χ2n) is 4.35. The van der Waals surface area contributed by atoms with Crippen molar-refractivity contribution in [2.75, 3.05) is 19.6 Å². The fraction of sp³-hybridized carbons (Fsp3) is 0.800. The molecule has 1 aliphatic heterocycles. The summed E-state index contributed by atoms with van der Waals surface area (Å²) in [6.45, 7) is 8.91. The van der Waals surface area contributed by atoms with E-state index in [1.807, 2.05) is 0 Å². The summed E-state index contributed by atoms with van der Waals surface area (Å²) in [6, 6.07) is 0. The van der Waals surface area contributed by atoms with Crippen molar-refractivity contribution in [1.29, 1.82) is 0 Å². The van der Waals surface area contributed by atoms with E-state index in [0.29, 0.717) is 12.5 Å². The molecule has 0 bridgehead atoms. The quantitative estimate of drug-likeness (QED) is 0.771. The van der Waals surface area contributed by atoms with E-state index >= 15 is 0 Å². The minimum absolute atomic E-state index is 0.451. The summed E-state index contributed by atoms with van der Waals surface area (Å²) in [6.07, 6.45) is 0. The van der Waals surface area contributed by atoms with Gasteiger partial charge in [-0.05, 0) is 0 Å². The van der Waals surface area contributed by atoms with Crippen LogP contribution in [-0.2, 0) is 13.1 Å². The summed E-state index contributed by atoms with van der Waals surface area (Å²) in [5.41, 5.74) is 5.55. The second-order valence-corrected chi connectivity index (χ2v) is 4.35. The molecule has 0 amide bonds. The number of aromatic nitrogens is 3. The first-order chi connectivity index (χ1) is 7.22. The average Bonchev–Trinajstić information content (AvgIpc) is 2.61. The predicted octanol–water partition coefficient (Wildman–Crippen LogP) is 0.176. The number of fused-ring (bicyclic) bond motifs is 1. The van der Waals surface area contributed by atoms with E-state index in [1.54, 1.807) is 0 Å². The monoisotopic (exact) mass is 209 g/mol. The molecule has 0 spiro atoms. The van der Waals surface area contributed by atoms with Crippen LogP contribution < -0.4 is 5.73 Å². The normalized spacial score (nSPS) is 17.1. The van der Waals surface area contributed by atoms with Crippen molar-refractivity contribution < 1.29 is 0 Å². The van der Waals surface area contributed by atoms with Crippen LogP contribution in [0.2, 0.25) is 0 Å². The lowest BCUT2D eigenvalue weighted by molar-refractivity contribution is 0.220. The fourth-order valence-corrected chi connectivity index (χ4v) is 2.03. The van der Waals surface area contributed by atoms with Crippen LogP contribution in [0.15, 0.2) is 0 Å². The second kappa shape index (κ2) is 4.28. The van der Waals surface area contributed by atoms with Crippen LogP contribution in [0.3, 0.4) is 0 Å². The Labute approximate surface area is 90.3 Å². The Kier molecular flexibility index (Phi) is 3.02. The molecular formula is C10H19N5. The van der Waals surface area contributed by atoms with Gasteiger partial charge in [-0.15, -0.1) is 10.2 Å². The molecule has 0 radical (unpaired) electrons. The van der Waals surface area contributed by atoms with E-state index in [2.05, 4.69) is 33.5 Å². The summed E-state index contributed by atoms with van der Waals surface area (Å²) in [4.78, 5) is 2.33. The predicted molar refractivity (Wildman–Crippen MR) is 58.4 cm³/mol. The Bertz CT molecular complexity index is 331. The van der Waals surface area contributed by atoms with E-state index in [0.717, 1.165) is 37.8 Å². The highest BCUT2D eigenvalue weighted by Gasteiger charge is 2.21. The van der Waals surface area contributed by atoms with E-state index in [-0.39, 0.29) is 0 Å². The van der Waals surface area contributed by atoms with Gasteiger partial charge in [0.2, 0.25) is 0 Å². The van der Waals surface area contributed by atoms with E-state index < -0.39 is 0 Å². The molecule has 84 valence electrons. The van der Waals surface area contributed by atoms with Gasteiger partial charge in [-0.3, -0.25) is 4.90 Å². The third-order valence-corrected chi connectivity index (χ3v) is 2.82. The smallest absolute Gasteiger partial charge is 0.147 e. The highest BCUT2D eigenvalue weighted by atomic mass is 15.3. The van der Waals surface area contributed by atoms with Gasteiger partial charge in [-0.25, -0.2) is 0 Å². The fourth-order valence-electron chi connectivity index (χ4n) is 2.03. The van der Waals surface area contributed by atoms with Crippen molar-refractivity contribution >= 4 is 0 Å². The molecule has 0 unspecified atom stereocenters. The Hall–Kier alpha value is -0.940. The molecule has 2 heterocycles. The van der Waals surface area contributed by atoms with Crippen molar-refractivity contribution in [1.82, 2.24) is 19.7 Å². The SMILES string of the molecule is CC(C)c1nnc2n1CCN(CCN)C2. The summed E-state index contributed by atoms with van der Waals surface area (Å²) < 4.78 is 2.25. The van der Waals surface area contributed by atoms with Crippen molar-refractivity contribution in [2.45, 2.75) is 32.9 Å². The minimum Gasteiger partial charge on any atom is -0.329 e. The Morgan fingerprint density at radius 2 is 2.13 bits per heavy atom. The van der Waals surface area contributed by atoms with Gasteiger partial charge in [0.15, 0.2) is 0 Å². The molecule has 15 heavy (non-hydrogen) atoms. The first-order valence-electron chi connectivity index (χ1n) is 5.56. The van der Waals surface area contributed by atoms with Gasteiger partial charge in [0.25, 0.3) is 0 Å². The number of hydrogen-bond donors (Lipinski definition) is 1. The van der Waals surface area contributed by atoms with Crippen LogP contribution >= 0.6 is 0 Å². The van der Waals surface area contributed by atoms with Gasteiger partial charge in [0.1, 0.15) is 11.6 Å². The largest absolute Gasteiger partial charge is 0.329 e. The third kappa shape index (κ3) is 2.03. The van der Waals surface area contributed by atoms with E-state index in [4.69, 9.17) is 5.73 Å². The van der Waals surface area contributed by atoms with E-state index in [9.17, 15) is 0 Å². The van der Waals surface area contributed by atoms with Crippen LogP contribution in [0.25, 0.3) is 0 Å². The Balaban J connectivity index is 2.15. The maximum absolute atomic E-state index is 5.55. The molecule has 1 aliphatic rings. The molecule has 2 N–H and O–H groups in total. The van der Waals surface area contributed by atoms with Crippen LogP contribution in [0.1, 0.15) is 31.4 Å². The summed E-state index contributed by atoms with van der Waals surface area (Å²) in [5.74, 6) is 2.64. The highest BCUT2D eigenvalue weighted by molar-refractivity contribution is 5.02. The zero-order chi connectivity index (χ0) is 10.8. The number of rotatable bonds is 3. The van der Waals surface area contributed by atoms with Crippen LogP contribution in [0, 0.1) is 0 Å². The van der Waals surface area contributed by atoms with Crippen molar-refractivity contribution in [3.8, 4) is 0 Å². The zero-order valence-corrected chi connectivity index (χ0v) is 9.48. The topological polar surface area (TPSA) is 60.0 Å². The molecule has 1 aromatic rings. The van der Waals surface area contributed by atoms with Crippen molar-refractivity contribution in [3.63, 3.8) is 0 Å². The summed E-state index contributed by atoms with van der Waals surface area (Å²) >= 11 is 0. The lowest BCUT2D eigenvalue weighted by Gasteiger charge is -2.27. The molecular weight excluding hydrogens is 190 g/mol. The third-order valence-electron chi connectivity index (χ3n) is 2.82. The van der Waals surface area contributed by atoms with Gasteiger partial charge in [0.05, 0.1) is 6.54 Å². The number of nitrogens with two attached hydrogens (primary N) is 1. The Morgan fingerprint density at radius 1 is 1.33 bits per heavy atom.